The number of alkyl halides is 3. The Hall–Kier alpha value is -2.45. The highest BCUT2D eigenvalue weighted by atomic mass is 19.4. The molecule has 4 rings (SSSR count). The van der Waals surface area contributed by atoms with E-state index < -0.39 is 11.9 Å². The van der Waals surface area contributed by atoms with Gasteiger partial charge < -0.3 is 0 Å². The zero-order chi connectivity index (χ0) is 17.9. The number of hydrogen-bond donors (Lipinski definition) is 1. The van der Waals surface area contributed by atoms with Crippen molar-refractivity contribution in [3.05, 3.63) is 17.3 Å². The summed E-state index contributed by atoms with van der Waals surface area (Å²) >= 11 is 0. The Morgan fingerprint density at radius 3 is 2.32 bits per heavy atom. The van der Waals surface area contributed by atoms with Crippen LogP contribution in [0.15, 0.2) is 6.07 Å². The predicted molar refractivity (Wildman–Crippen MR) is 81.6 cm³/mol. The number of carbonyl (C=O) groups is 2. The molecule has 2 aromatic heterocycles. The second-order valence-corrected chi connectivity index (χ2v) is 6.60. The minimum absolute atomic E-state index is 0.0538. The maximum Gasteiger partial charge on any atom is 0.433 e. The molecule has 1 saturated heterocycles. The molecule has 2 atom stereocenters. The first kappa shape index (κ1) is 16.0. The van der Waals surface area contributed by atoms with Gasteiger partial charge in [0.15, 0.2) is 11.5 Å². The van der Waals surface area contributed by atoms with Crippen molar-refractivity contribution < 1.29 is 22.8 Å². The van der Waals surface area contributed by atoms with Crippen LogP contribution in [0.5, 0.6) is 0 Å². The Morgan fingerprint density at radius 2 is 1.76 bits per heavy atom. The molecule has 1 aliphatic carbocycles. The van der Waals surface area contributed by atoms with Crippen LogP contribution in [0.2, 0.25) is 0 Å². The van der Waals surface area contributed by atoms with Crippen molar-refractivity contribution >= 4 is 28.7 Å². The van der Waals surface area contributed by atoms with Gasteiger partial charge in [-0.05, 0) is 31.4 Å². The normalized spacial score (nSPS) is 24.2. The second-order valence-electron chi connectivity index (χ2n) is 6.60. The number of amides is 2. The van der Waals surface area contributed by atoms with Crippen LogP contribution in [0.1, 0.15) is 36.9 Å². The SMILES string of the molecule is Cc1cc(C(F)(F)F)nc2[nH]nc(N3C(=O)C4CCCCC4C3=O)c12. The lowest BCUT2D eigenvalue weighted by Gasteiger charge is -2.19. The third-order valence-corrected chi connectivity index (χ3v) is 5.05. The highest BCUT2D eigenvalue weighted by Gasteiger charge is 2.50. The quantitative estimate of drug-likeness (QED) is 0.801. The van der Waals surface area contributed by atoms with Crippen LogP contribution in [-0.4, -0.2) is 27.0 Å². The van der Waals surface area contributed by atoms with E-state index in [1.165, 1.54) is 6.92 Å². The van der Waals surface area contributed by atoms with Crippen molar-refractivity contribution in [1.82, 2.24) is 15.2 Å². The molecule has 2 fully saturated rings. The van der Waals surface area contributed by atoms with Crippen molar-refractivity contribution in [2.45, 2.75) is 38.8 Å². The molecule has 132 valence electrons. The van der Waals surface area contributed by atoms with Gasteiger partial charge in [-0.2, -0.15) is 18.3 Å². The van der Waals surface area contributed by atoms with Gasteiger partial charge in [0.05, 0.1) is 17.2 Å². The van der Waals surface area contributed by atoms with Gasteiger partial charge >= 0.3 is 6.18 Å². The molecule has 2 aromatic rings. The van der Waals surface area contributed by atoms with Crippen LogP contribution in [0, 0.1) is 18.8 Å². The molecule has 1 saturated carbocycles. The van der Waals surface area contributed by atoms with E-state index >= 15 is 0 Å². The topological polar surface area (TPSA) is 79.0 Å². The summed E-state index contributed by atoms with van der Waals surface area (Å²) in [6, 6.07) is 0.902. The number of aryl methyl sites for hydroxylation is 1. The summed E-state index contributed by atoms with van der Waals surface area (Å²) < 4.78 is 38.7. The first-order valence-electron chi connectivity index (χ1n) is 8.09. The molecule has 0 bridgehead atoms. The minimum atomic E-state index is -4.58. The molecule has 1 aliphatic heterocycles. The number of aromatic amines is 1. The fourth-order valence-electron chi connectivity index (χ4n) is 3.88. The smallest absolute Gasteiger partial charge is 0.274 e. The summed E-state index contributed by atoms with van der Waals surface area (Å²) in [5.74, 6) is -1.28. The van der Waals surface area contributed by atoms with Gasteiger partial charge in [-0.15, -0.1) is 0 Å². The zero-order valence-electron chi connectivity index (χ0n) is 13.4. The predicted octanol–water partition coefficient (Wildman–Crippen LogP) is 2.96. The van der Waals surface area contributed by atoms with E-state index in [-0.39, 0.29) is 46.1 Å². The number of anilines is 1. The Labute approximate surface area is 140 Å². The average molecular weight is 352 g/mol. The van der Waals surface area contributed by atoms with E-state index in [0.29, 0.717) is 12.8 Å². The monoisotopic (exact) mass is 352 g/mol. The van der Waals surface area contributed by atoms with Crippen molar-refractivity contribution in [3.8, 4) is 0 Å². The van der Waals surface area contributed by atoms with Crippen LogP contribution in [-0.2, 0) is 15.8 Å². The molecular formula is C16H15F3N4O2. The number of nitrogens with zero attached hydrogens (tertiary/aromatic N) is 3. The second kappa shape index (κ2) is 5.27. The number of nitrogens with one attached hydrogen (secondary N) is 1. The highest BCUT2D eigenvalue weighted by Crippen LogP contribution is 2.42. The Morgan fingerprint density at radius 1 is 1.16 bits per heavy atom. The van der Waals surface area contributed by atoms with Gasteiger partial charge in [0.2, 0.25) is 11.8 Å². The number of rotatable bonds is 1. The van der Waals surface area contributed by atoms with Gasteiger partial charge in [-0.1, -0.05) is 12.8 Å². The lowest BCUT2D eigenvalue weighted by atomic mass is 9.81. The zero-order valence-corrected chi connectivity index (χ0v) is 13.4. The number of carbonyl (C=O) groups excluding carboxylic acids is 2. The Kier molecular flexibility index (Phi) is 3.38. The van der Waals surface area contributed by atoms with E-state index in [0.717, 1.165) is 23.8 Å². The first-order chi connectivity index (χ1) is 11.8. The number of fused-ring (bicyclic) bond motifs is 2. The number of aromatic nitrogens is 3. The standard InChI is InChI=1S/C16H15F3N4O2/c1-7-6-10(16(17,18)19)20-12-11(7)13(22-21-12)23-14(24)8-4-2-3-5-9(8)15(23)25/h6,8-9H,2-5H2,1H3,(H,20,21,22). The van der Waals surface area contributed by atoms with Crippen LogP contribution < -0.4 is 4.90 Å². The van der Waals surface area contributed by atoms with Crippen LogP contribution in [0.4, 0.5) is 19.0 Å². The van der Waals surface area contributed by atoms with Crippen molar-refractivity contribution in [1.29, 1.82) is 0 Å². The molecule has 0 radical (unpaired) electrons. The molecule has 0 spiro atoms. The van der Waals surface area contributed by atoms with Crippen LogP contribution >= 0.6 is 0 Å². The molecule has 9 heteroatoms. The van der Waals surface area contributed by atoms with Gasteiger partial charge in [0.1, 0.15) is 5.69 Å². The lowest BCUT2D eigenvalue weighted by Crippen LogP contribution is -2.31. The van der Waals surface area contributed by atoms with E-state index in [1.54, 1.807) is 0 Å². The number of imide groups is 1. The number of pyridine rings is 1. The van der Waals surface area contributed by atoms with E-state index in [9.17, 15) is 22.8 Å². The van der Waals surface area contributed by atoms with Gasteiger partial charge in [-0.25, -0.2) is 9.88 Å². The maximum absolute atomic E-state index is 12.9. The molecule has 3 heterocycles. The number of halogens is 3. The van der Waals surface area contributed by atoms with Crippen molar-refractivity contribution in [2.75, 3.05) is 4.90 Å². The lowest BCUT2D eigenvalue weighted by molar-refractivity contribution is -0.141. The molecule has 6 nitrogen and oxygen atoms in total. The number of hydrogen-bond acceptors (Lipinski definition) is 4. The molecule has 2 amide bonds. The molecule has 2 aliphatic rings. The van der Waals surface area contributed by atoms with Crippen molar-refractivity contribution in [3.63, 3.8) is 0 Å². The fraction of sp³-hybridized carbons (Fsp3) is 0.500. The highest BCUT2D eigenvalue weighted by molar-refractivity contribution is 6.24. The molecule has 2 unspecified atom stereocenters. The summed E-state index contributed by atoms with van der Waals surface area (Å²) in [6.07, 6.45) is -1.48. The summed E-state index contributed by atoms with van der Waals surface area (Å²) in [4.78, 5) is 29.9. The molecular weight excluding hydrogens is 337 g/mol. The molecule has 1 N–H and O–H groups in total. The van der Waals surface area contributed by atoms with Crippen LogP contribution in [0.25, 0.3) is 11.0 Å². The Bertz CT molecular complexity index is 865. The summed E-state index contributed by atoms with van der Waals surface area (Å²) in [5, 5.41) is 6.65. The largest absolute Gasteiger partial charge is 0.433 e. The number of H-pyrrole nitrogens is 1. The summed E-state index contributed by atoms with van der Waals surface area (Å²) in [7, 11) is 0. The van der Waals surface area contributed by atoms with E-state index in [2.05, 4.69) is 15.2 Å². The summed E-state index contributed by atoms with van der Waals surface area (Å²) in [5.41, 5.74) is -0.866. The fourth-order valence-corrected chi connectivity index (χ4v) is 3.88. The Balaban J connectivity index is 1.82. The molecule has 0 aromatic carbocycles. The third kappa shape index (κ3) is 2.32. The van der Waals surface area contributed by atoms with Gasteiger partial charge in [0.25, 0.3) is 0 Å². The van der Waals surface area contributed by atoms with E-state index in [1.807, 2.05) is 0 Å². The minimum Gasteiger partial charge on any atom is -0.274 e. The summed E-state index contributed by atoms with van der Waals surface area (Å²) in [6.45, 7) is 1.48. The average Bonchev–Trinajstić information content (AvgIpc) is 3.07. The van der Waals surface area contributed by atoms with Crippen molar-refractivity contribution in [2.24, 2.45) is 11.8 Å². The molecule has 25 heavy (non-hydrogen) atoms. The van der Waals surface area contributed by atoms with Gasteiger partial charge in [0, 0.05) is 0 Å². The first-order valence-corrected chi connectivity index (χ1v) is 8.09. The van der Waals surface area contributed by atoms with E-state index in [4.69, 9.17) is 0 Å². The third-order valence-electron chi connectivity index (χ3n) is 5.05. The van der Waals surface area contributed by atoms with Crippen LogP contribution in [0.3, 0.4) is 0 Å². The maximum atomic E-state index is 12.9. The van der Waals surface area contributed by atoms with Gasteiger partial charge in [-0.3, -0.25) is 14.7 Å².